The molecular weight excluding hydrogens is 324 g/mol. The molecule has 0 aliphatic heterocycles. The molecule has 1 saturated carbocycles. The van der Waals surface area contributed by atoms with Crippen LogP contribution in [-0.4, -0.2) is 41.6 Å². The minimum atomic E-state index is -1.11. The van der Waals surface area contributed by atoms with Gasteiger partial charge in [0.2, 0.25) is 0 Å². The lowest BCUT2D eigenvalue weighted by Gasteiger charge is -2.20. The highest BCUT2D eigenvalue weighted by Gasteiger charge is 2.24. The van der Waals surface area contributed by atoms with Crippen LogP contribution in [0, 0.1) is 0 Å². The highest BCUT2D eigenvalue weighted by molar-refractivity contribution is 5.97. The molecule has 0 spiro atoms. The van der Waals surface area contributed by atoms with Gasteiger partial charge in [0.15, 0.2) is 0 Å². The van der Waals surface area contributed by atoms with E-state index in [4.69, 9.17) is 9.84 Å². The van der Waals surface area contributed by atoms with Gasteiger partial charge in [-0.3, -0.25) is 14.4 Å². The van der Waals surface area contributed by atoms with Crippen LogP contribution >= 0.6 is 0 Å². The second-order valence-electron chi connectivity index (χ2n) is 6.08. The van der Waals surface area contributed by atoms with Crippen molar-refractivity contribution in [1.82, 2.24) is 5.32 Å². The number of carbonyl (C=O) groups is 3. The summed E-state index contributed by atoms with van der Waals surface area (Å²) < 4.78 is 5.88. The zero-order chi connectivity index (χ0) is 18.2. The number of rotatable bonds is 8. The number of benzene rings is 1. The summed E-state index contributed by atoms with van der Waals surface area (Å²) in [4.78, 5) is 34.5. The van der Waals surface area contributed by atoms with Gasteiger partial charge in [0.25, 0.3) is 11.8 Å². The fourth-order valence-electron chi connectivity index (χ4n) is 2.79. The van der Waals surface area contributed by atoms with Gasteiger partial charge in [-0.05, 0) is 43.5 Å². The minimum Gasteiger partial charge on any atom is -0.480 e. The minimum absolute atomic E-state index is 0.163. The van der Waals surface area contributed by atoms with Crippen LogP contribution in [0.2, 0.25) is 0 Å². The van der Waals surface area contributed by atoms with Crippen molar-refractivity contribution in [2.24, 2.45) is 0 Å². The molecule has 1 aliphatic rings. The summed E-state index contributed by atoms with van der Waals surface area (Å²) in [5.74, 6) is -1.78. The molecule has 2 amide bonds. The van der Waals surface area contributed by atoms with Gasteiger partial charge in [-0.1, -0.05) is 19.8 Å². The first-order valence-electron chi connectivity index (χ1n) is 8.56. The predicted octanol–water partition coefficient (Wildman–Crippen LogP) is 2.18. The number of amides is 2. The Morgan fingerprint density at radius 3 is 2.40 bits per heavy atom. The van der Waals surface area contributed by atoms with Crippen LogP contribution in [0.1, 0.15) is 49.4 Å². The van der Waals surface area contributed by atoms with E-state index in [1.807, 2.05) is 6.92 Å². The Labute approximate surface area is 146 Å². The number of anilines is 1. The highest BCUT2D eigenvalue weighted by Crippen LogP contribution is 2.23. The van der Waals surface area contributed by atoms with Crippen molar-refractivity contribution in [3.8, 4) is 0 Å². The van der Waals surface area contributed by atoms with E-state index in [2.05, 4.69) is 10.6 Å². The van der Waals surface area contributed by atoms with Crippen LogP contribution in [0.5, 0.6) is 0 Å². The number of hydrogen-bond acceptors (Lipinski definition) is 4. The van der Waals surface area contributed by atoms with Crippen molar-refractivity contribution in [2.75, 3.05) is 11.9 Å². The molecule has 25 heavy (non-hydrogen) atoms. The largest absolute Gasteiger partial charge is 0.480 e. The summed E-state index contributed by atoms with van der Waals surface area (Å²) in [6.45, 7) is 1.48. The number of hydrogen-bond donors (Lipinski definition) is 3. The van der Waals surface area contributed by atoms with Gasteiger partial charge in [-0.25, -0.2) is 0 Å². The number of nitrogens with one attached hydrogen (secondary N) is 2. The predicted molar refractivity (Wildman–Crippen MR) is 92.5 cm³/mol. The first-order chi connectivity index (χ1) is 12.0. The van der Waals surface area contributed by atoms with Crippen molar-refractivity contribution < 1.29 is 24.2 Å². The second-order valence-corrected chi connectivity index (χ2v) is 6.08. The Bertz CT molecular complexity index is 608. The average Bonchev–Trinajstić information content (AvgIpc) is 3.11. The van der Waals surface area contributed by atoms with E-state index in [1.165, 1.54) is 12.1 Å². The number of carbonyl (C=O) groups excluding carboxylic acids is 2. The van der Waals surface area contributed by atoms with Crippen LogP contribution in [0.4, 0.5) is 5.69 Å². The molecule has 1 aliphatic carbocycles. The van der Waals surface area contributed by atoms with Crippen LogP contribution in [0.15, 0.2) is 24.3 Å². The third kappa shape index (κ3) is 5.86. The molecule has 1 aromatic carbocycles. The molecule has 0 heterocycles. The summed E-state index contributed by atoms with van der Waals surface area (Å²) in [7, 11) is 0. The van der Waals surface area contributed by atoms with Crippen molar-refractivity contribution in [2.45, 2.75) is 51.2 Å². The van der Waals surface area contributed by atoms with Crippen molar-refractivity contribution in [3.05, 3.63) is 29.8 Å². The summed E-state index contributed by atoms with van der Waals surface area (Å²) in [6.07, 6.45) is 4.58. The molecule has 1 aromatic rings. The molecular formula is C18H24N2O5. The quantitative estimate of drug-likeness (QED) is 0.668. The molecule has 0 bridgehead atoms. The molecule has 0 radical (unpaired) electrons. The van der Waals surface area contributed by atoms with Gasteiger partial charge in [0, 0.05) is 11.3 Å². The fraction of sp³-hybridized carbons (Fsp3) is 0.500. The Hall–Kier alpha value is -2.41. The van der Waals surface area contributed by atoms with Crippen LogP contribution in [0.25, 0.3) is 0 Å². The molecule has 0 saturated heterocycles. The van der Waals surface area contributed by atoms with Gasteiger partial charge in [-0.15, -0.1) is 0 Å². The fourth-order valence-corrected chi connectivity index (χ4v) is 2.79. The number of ether oxygens (including phenoxy) is 1. The van der Waals surface area contributed by atoms with E-state index in [1.54, 1.807) is 12.1 Å². The van der Waals surface area contributed by atoms with Crippen LogP contribution in [-0.2, 0) is 14.3 Å². The Kier molecular flexibility index (Phi) is 6.94. The summed E-state index contributed by atoms with van der Waals surface area (Å²) in [5.41, 5.74) is 0.891. The van der Waals surface area contributed by atoms with Gasteiger partial charge in [0.05, 0.1) is 6.10 Å². The third-order valence-corrected chi connectivity index (χ3v) is 4.14. The lowest BCUT2D eigenvalue weighted by Crippen LogP contribution is -2.33. The molecule has 1 unspecified atom stereocenters. The van der Waals surface area contributed by atoms with Gasteiger partial charge >= 0.3 is 5.97 Å². The average molecular weight is 348 g/mol. The monoisotopic (exact) mass is 348 g/mol. The van der Waals surface area contributed by atoms with Gasteiger partial charge < -0.3 is 20.5 Å². The van der Waals surface area contributed by atoms with Crippen molar-refractivity contribution in [3.63, 3.8) is 0 Å². The maximum atomic E-state index is 12.3. The maximum absolute atomic E-state index is 12.3. The van der Waals surface area contributed by atoms with E-state index >= 15 is 0 Å². The van der Waals surface area contributed by atoms with E-state index < -0.39 is 24.5 Å². The normalized spacial score (nSPS) is 15.6. The molecule has 2 rings (SSSR count). The Morgan fingerprint density at radius 1 is 1.20 bits per heavy atom. The Morgan fingerprint density at radius 2 is 1.84 bits per heavy atom. The van der Waals surface area contributed by atoms with Crippen molar-refractivity contribution >= 4 is 23.5 Å². The third-order valence-electron chi connectivity index (χ3n) is 4.14. The molecule has 136 valence electrons. The lowest BCUT2D eigenvalue weighted by atomic mass is 10.1. The van der Waals surface area contributed by atoms with E-state index in [-0.39, 0.29) is 12.0 Å². The highest BCUT2D eigenvalue weighted by atomic mass is 16.5. The first-order valence-corrected chi connectivity index (χ1v) is 8.56. The van der Waals surface area contributed by atoms with Gasteiger partial charge in [-0.2, -0.15) is 0 Å². The first kappa shape index (κ1) is 18.9. The maximum Gasteiger partial charge on any atom is 0.322 e. The Balaban J connectivity index is 1.89. The number of carboxylic acids is 1. The number of carboxylic acid groups (broad SMARTS) is 1. The molecule has 7 heteroatoms. The van der Waals surface area contributed by atoms with Gasteiger partial charge in [0.1, 0.15) is 12.6 Å². The van der Waals surface area contributed by atoms with Crippen molar-refractivity contribution in [1.29, 1.82) is 0 Å². The lowest BCUT2D eigenvalue weighted by molar-refractivity contribution is -0.135. The van der Waals surface area contributed by atoms with E-state index in [9.17, 15) is 14.4 Å². The zero-order valence-electron chi connectivity index (χ0n) is 14.3. The number of aliphatic carboxylic acids is 1. The molecule has 0 aromatic heterocycles. The van der Waals surface area contributed by atoms with Crippen LogP contribution in [0.3, 0.4) is 0 Å². The van der Waals surface area contributed by atoms with Crippen LogP contribution < -0.4 is 10.6 Å². The molecule has 3 N–H and O–H groups in total. The zero-order valence-corrected chi connectivity index (χ0v) is 14.3. The molecule has 1 fully saturated rings. The summed E-state index contributed by atoms with van der Waals surface area (Å²) in [6, 6.07) is 6.28. The summed E-state index contributed by atoms with van der Waals surface area (Å²) >= 11 is 0. The van der Waals surface area contributed by atoms with E-state index in [0.717, 1.165) is 25.7 Å². The molecule has 7 nitrogen and oxygen atoms in total. The summed E-state index contributed by atoms with van der Waals surface area (Å²) in [5, 5.41) is 13.6. The smallest absolute Gasteiger partial charge is 0.322 e. The molecule has 1 atom stereocenters. The van der Waals surface area contributed by atoms with E-state index in [0.29, 0.717) is 17.7 Å². The second kappa shape index (κ2) is 9.17. The topological polar surface area (TPSA) is 105 Å². The standard InChI is InChI=1S/C18H24N2O5/c1-2-15(25-14-5-3-4-6-14)18(24)20-13-9-7-12(8-10-13)17(23)19-11-16(21)22/h7-10,14-15H,2-6,11H2,1H3,(H,19,23)(H,20,24)(H,21,22). The SMILES string of the molecule is CCC(OC1CCCC1)C(=O)Nc1ccc(C(=O)NCC(=O)O)cc1.